The number of anilines is 1. The summed E-state index contributed by atoms with van der Waals surface area (Å²) < 4.78 is 5.17. The SMILES string of the molecule is CCC(C)(C)C(=O)OCCNC(=O)Nc1ccc2ccccc2c1. The Morgan fingerprint density at radius 1 is 1.08 bits per heavy atom. The first-order valence-electron chi connectivity index (χ1n) is 8.13. The molecule has 0 aliphatic carbocycles. The number of urea groups is 1. The summed E-state index contributed by atoms with van der Waals surface area (Å²) in [5.74, 6) is -0.248. The van der Waals surface area contributed by atoms with E-state index < -0.39 is 5.41 Å². The number of carbonyl (C=O) groups is 2. The molecule has 0 aromatic heterocycles. The number of rotatable bonds is 6. The summed E-state index contributed by atoms with van der Waals surface area (Å²) in [6.45, 7) is 6.05. The van der Waals surface area contributed by atoms with Gasteiger partial charge in [0.2, 0.25) is 0 Å². The van der Waals surface area contributed by atoms with E-state index in [1.807, 2.05) is 63.2 Å². The first kappa shape index (κ1) is 17.8. The number of fused-ring (bicyclic) bond motifs is 1. The molecule has 0 saturated carbocycles. The largest absolute Gasteiger partial charge is 0.463 e. The normalized spacial score (nSPS) is 11.1. The minimum Gasteiger partial charge on any atom is -0.463 e. The Morgan fingerprint density at radius 3 is 2.50 bits per heavy atom. The second kappa shape index (κ2) is 7.81. The van der Waals surface area contributed by atoms with Crippen molar-refractivity contribution in [3.8, 4) is 0 Å². The third-order valence-electron chi connectivity index (χ3n) is 4.06. The van der Waals surface area contributed by atoms with Crippen LogP contribution in [0.15, 0.2) is 42.5 Å². The average molecular weight is 328 g/mol. The molecule has 0 heterocycles. The van der Waals surface area contributed by atoms with Gasteiger partial charge in [-0.3, -0.25) is 4.79 Å². The van der Waals surface area contributed by atoms with Crippen molar-refractivity contribution >= 4 is 28.5 Å². The molecule has 0 aliphatic heterocycles. The molecule has 2 N–H and O–H groups in total. The Balaban J connectivity index is 1.77. The zero-order valence-corrected chi connectivity index (χ0v) is 14.4. The van der Waals surface area contributed by atoms with Crippen molar-refractivity contribution < 1.29 is 14.3 Å². The lowest BCUT2D eigenvalue weighted by Crippen LogP contribution is -2.34. The molecule has 0 unspecified atom stereocenters. The Hall–Kier alpha value is -2.56. The van der Waals surface area contributed by atoms with Crippen molar-refractivity contribution in [2.45, 2.75) is 27.2 Å². The van der Waals surface area contributed by atoms with Crippen molar-refractivity contribution in [1.82, 2.24) is 5.32 Å². The summed E-state index contributed by atoms with van der Waals surface area (Å²) >= 11 is 0. The lowest BCUT2D eigenvalue weighted by molar-refractivity contribution is -0.153. The number of benzene rings is 2. The van der Waals surface area contributed by atoms with E-state index in [1.54, 1.807) is 0 Å². The van der Waals surface area contributed by atoms with Gasteiger partial charge in [0.25, 0.3) is 0 Å². The van der Waals surface area contributed by atoms with Crippen LogP contribution in [-0.4, -0.2) is 25.2 Å². The van der Waals surface area contributed by atoms with E-state index in [0.717, 1.165) is 16.5 Å². The van der Waals surface area contributed by atoms with E-state index in [9.17, 15) is 9.59 Å². The highest BCUT2D eigenvalue weighted by Crippen LogP contribution is 2.21. The minimum atomic E-state index is -0.493. The Bertz CT molecular complexity index is 725. The smallest absolute Gasteiger partial charge is 0.319 e. The second-order valence-electron chi connectivity index (χ2n) is 6.32. The van der Waals surface area contributed by atoms with Crippen LogP contribution in [0.25, 0.3) is 10.8 Å². The maximum absolute atomic E-state index is 11.9. The monoisotopic (exact) mass is 328 g/mol. The number of carbonyl (C=O) groups excluding carboxylic acids is 2. The molecule has 128 valence electrons. The van der Waals surface area contributed by atoms with Crippen LogP contribution in [0.2, 0.25) is 0 Å². The summed E-state index contributed by atoms with van der Waals surface area (Å²) in [6.07, 6.45) is 0.710. The van der Waals surface area contributed by atoms with Crippen LogP contribution in [0.4, 0.5) is 10.5 Å². The van der Waals surface area contributed by atoms with Crippen LogP contribution in [0.5, 0.6) is 0 Å². The van der Waals surface area contributed by atoms with Crippen molar-refractivity contribution in [1.29, 1.82) is 0 Å². The summed E-state index contributed by atoms with van der Waals surface area (Å²) in [7, 11) is 0. The zero-order valence-electron chi connectivity index (χ0n) is 14.4. The molecule has 5 heteroatoms. The maximum atomic E-state index is 11.9. The Morgan fingerprint density at radius 2 is 1.79 bits per heavy atom. The first-order valence-corrected chi connectivity index (χ1v) is 8.13. The van der Waals surface area contributed by atoms with E-state index in [2.05, 4.69) is 10.6 Å². The van der Waals surface area contributed by atoms with Crippen molar-refractivity contribution in [3.05, 3.63) is 42.5 Å². The van der Waals surface area contributed by atoms with Gasteiger partial charge in [-0.05, 0) is 43.2 Å². The molecule has 24 heavy (non-hydrogen) atoms. The standard InChI is InChI=1S/C19H24N2O3/c1-4-19(2,3)17(22)24-12-11-20-18(23)21-16-10-9-14-7-5-6-8-15(14)13-16/h5-10,13H,4,11-12H2,1-3H3,(H2,20,21,23). The fraction of sp³-hybridized carbons (Fsp3) is 0.368. The third-order valence-corrected chi connectivity index (χ3v) is 4.06. The fourth-order valence-electron chi connectivity index (χ4n) is 2.09. The molecule has 2 aromatic rings. The predicted molar refractivity (Wildman–Crippen MR) is 96.0 cm³/mol. The third kappa shape index (κ3) is 4.72. The molecule has 0 saturated heterocycles. The van der Waals surface area contributed by atoms with Gasteiger partial charge in [0.1, 0.15) is 6.61 Å². The van der Waals surface area contributed by atoms with Gasteiger partial charge in [-0.15, -0.1) is 0 Å². The molecule has 2 rings (SSSR count). The van der Waals surface area contributed by atoms with E-state index in [0.29, 0.717) is 6.42 Å². The molecule has 0 bridgehead atoms. The highest BCUT2D eigenvalue weighted by Gasteiger charge is 2.26. The average Bonchev–Trinajstić information content (AvgIpc) is 2.58. The van der Waals surface area contributed by atoms with Gasteiger partial charge in [0, 0.05) is 5.69 Å². The van der Waals surface area contributed by atoms with E-state index in [-0.39, 0.29) is 25.2 Å². The van der Waals surface area contributed by atoms with Crippen molar-refractivity contribution in [2.24, 2.45) is 5.41 Å². The lowest BCUT2D eigenvalue weighted by atomic mass is 9.91. The molecular weight excluding hydrogens is 304 g/mol. The molecular formula is C19H24N2O3. The van der Waals surface area contributed by atoms with Crippen LogP contribution in [0.3, 0.4) is 0 Å². The highest BCUT2D eigenvalue weighted by atomic mass is 16.5. The number of amides is 2. The molecule has 2 aromatic carbocycles. The van der Waals surface area contributed by atoms with E-state index in [1.165, 1.54) is 0 Å². The fourth-order valence-corrected chi connectivity index (χ4v) is 2.09. The first-order chi connectivity index (χ1) is 11.4. The molecule has 0 spiro atoms. The Labute approximate surface area is 142 Å². The summed E-state index contributed by atoms with van der Waals surface area (Å²) in [5.41, 5.74) is 0.225. The van der Waals surface area contributed by atoms with Crippen molar-refractivity contribution in [3.63, 3.8) is 0 Å². The van der Waals surface area contributed by atoms with Gasteiger partial charge < -0.3 is 15.4 Å². The summed E-state index contributed by atoms with van der Waals surface area (Å²) in [4.78, 5) is 23.7. The van der Waals surface area contributed by atoms with Crippen LogP contribution in [0, 0.1) is 5.41 Å². The van der Waals surface area contributed by atoms with Crippen LogP contribution < -0.4 is 10.6 Å². The molecule has 0 atom stereocenters. The van der Waals surface area contributed by atoms with Crippen LogP contribution in [0.1, 0.15) is 27.2 Å². The van der Waals surface area contributed by atoms with Gasteiger partial charge in [-0.2, -0.15) is 0 Å². The highest BCUT2D eigenvalue weighted by molar-refractivity contribution is 5.93. The molecule has 0 aliphatic rings. The lowest BCUT2D eigenvalue weighted by Gasteiger charge is -2.20. The van der Waals surface area contributed by atoms with E-state index in [4.69, 9.17) is 4.74 Å². The molecule has 0 radical (unpaired) electrons. The quantitative estimate of drug-likeness (QED) is 0.623. The molecule has 0 fully saturated rings. The van der Waals surface area contributed by atoms with E-state index >= 15 is 0 Å². The van der Waals surface area contributed by atoms with Gasteiger partial charge in [0.15, 0.2) is 0 Å². The van der Waals surface area contributed by atoms with Gasteiger partial charge >= 0.3 is 12.0 Å². The van der Waals surface area contributed by atoms with Crippen LogP contribution in [-0.2, 0) is 9.53 Å². The molecule has 2 amide bonds. The summed E-state index contributed by atoms with van der Waals surface area (Å²) in [6, 6.07) is 13.3. The Kier molecular flexibility index (Phi) is 5.79. The predicted octanol–water partition coefficient (Wildman–Crippen LogP) is 3.94. The number of nitrogens with one attached hydrogen (secondary N) is 2. The number of ether oxygens (including phenoxy) is 1. The zero-order chi connectivity index (χ0) is 17.6. The van der Waals surface area contributed by atoms with Crippen molar-refractivity contribution in [2.75, 3.05) is 18.5 Å². The number of hydrogen-bond acceptors (Lipinski definition) is 3. The number of hydrogen-bond donors (Lipinski definition) is 2. The molecule has 5 nitrogen and oxygen atoms in total. The number of esters is 1. The minimum absolute atomic E-state index is 0.160. The summed E-state index contributed by atoms with van der Waals surface area (Å²) in [5, 5.41) is 7.63. The maximum Gasteiger partial charge on any atom is 0.319 e. The van der Waals surface area contributed by atoms with Gasteiger partial charge in [-0.25, -0.2) is 4.79 Å². The van der Waals surface area contributed by atoms with Gasteiger partial charge in [0.05, 0.1) is 12.0 Å². The topological polar surface area (TPSA) is 67.4 Å². The van der Waals surface area contributed by atoms with Crippen LogP contribution >= 0.6 is 0 Å². The second-order valence-corrected chi connectivity index (χ2v) is 6.32. The van der Waals surface area contributed by atoms with Gasteiger partial charge in [-0.1, -0.05) is 37.3 Å².